The first kappa shape index (κ1) is 14.4. The quantitative estimate of drug-likeness (QED) is 0.710. The first-order valence-corrected chi connectivity index (χ1v) is 7.41. The molecule has 0 unspecified atom stereocenters. The summed E-state index contributed by atoms with van der Waals surface area (Å²) in [6.07, 6.45) is 4.21. The Kier molecular flexibility index (Phi) is 4.87. The number of hydrogen-bond donors (Lipinski definition) is 0. The fourth-order valence-electron chi connectivity index (χ4n) is 2.87. The summed E-state index contributed by atoms with van der Waals surface area (Å²) in [5.41, 5.74) is 1.91. The zero-order valence-corrected chi connectivity index (χ0v) is 12.3. The van der Waals surface area contributed by atoms with Gasteiger partial charge in [-0.15, -0.1) is 0 Å². The highest BCUT2D eigenvalue weighted by Crippen LogP contribution is 2.35. The minimum Gasteiger partial charge on any atom is -0.450 e. The lowest BCUT2D eigenvalue weighted by molar-refractivity contribution is 0.0793. The third-order valence-corrected chi connectivity index (χ3v) is 4.07. The molecule has 1 fully saturated rings. The topological polar surface area (TPSA) is 26.3 Å². The van der Waals surface area contributed by atoms with Gasteiger partial charge in [0.2, 0.25) is 0 Å². The minimum absolute atomic E-state index is 0.0661. The zero-order chi connectivity index (χ0) is 13.8. The van der Waals surface area contributed by atoms with E-state index >= 15 is 0 Å². The fraction of sp³-hybridized carbons (Fsp3) is 0.562. The second-order valence-electron chi connectivity index (χ2n) is 5.61. The molecule has 1 saturated carbocycles. The maximum atomic E-state index is 11.0. The third kappa shape index (κ3) is 3.73. The van der Waals surface area contributed by atoms with Crippen LogP contribution in [0.5, 0.6) is 0 Å². The van der Waals surface area contributed by atoms with Gasteiger partial charge in [0.05, 0.1) is 0 Å². The van der Waals surface area contributed by atoms with Gasteiger partial charge in [0, 0.05) is 17.5 Å². The summed E-state index contributed by atoms with van der Waals surface area (Å²) < 4.78 is 5.26. The Labute approximate surface area is 120 Å². The van der Waals surface area contributed by atoms with E-state index in [1.54, 1.807) is 0 Å². The molecule has 19 heavy (non-hydrogen) atoms. The maximum absolute atomic E-state index is 11.0. The molecule has 0 aromatic heterocycles. The van der Waals surface area contributed by atoms with Crippen molar-refractivity contribution in [2.45, 2.75) is 57.5 Å². The van der Waals surface area contributed by atoms with Crippen LogP contribution in [0.25, 0.3) is 0 Å². The molecule has 0 aliphatic heterocycles. The van der Waals surface area contributed by atoms with Gasteiger partial charge in [-0.05, 0) is 36.3 Å². The average molecular weight is 281 g/mol. The minimum atomic E-state index is -0.685. The molecule has 0 saturated heterocycles. The van der Waals surface area contributed by atoms with Crippen molar-refractivity contribution in [3.63, 3.8) is 0 Å². The SMILES string of the molecule is CC(C)c1ccc([C@H]2CCCC[C@@H]2OC(=O)Cl)cc1. The number of benzene rings is 1. The summed E-state index contributed by atoms with van der Waals surface area (Å²) in [7, 11) is 0. The van der Waals surface area contributed by atoms with E-state index < -0.39 is 5.43 Å². The zero-order valence-electron chi connectivity index (χ0n) is 11.6. The van der Waals surface area contributed by atoms with Gasteiger partial charge >= 0.3 is 5.43 Å². The molecule has 2 rings (SSSR count). The van der Waals surface area contributed by atoms with Crippen LogP contribution < -0.4 is 0 Å². The van der Waals surface area contributed by atoms with E-state index in [2.05, 4.69) is 38.1 Å². The molecule has 2 atom stereocenters. The molecule has 1 aromatic rings. The van der Waals surface area contributed by atoms with Crippen molar-refractivity contribution in [3.05, 3.63) is 35.4 Å². The molecule has 0 N–H and O–H groups in total. The molecule has 0 radical (unpaired) electrons. The third-order valence-electron chi connectivity index (χ3n) is 3.98. The summed E-state index contributed by atoms with van der Waals surface area (Å²) in [4.78, 5) is 11.0. The number of rotatable bonds is 3. The highest BCUT2D eigenvalue weighted by molar-refractivity contribution is 6.61. The van der Waals surface area contributed by atoms with Crippen LogP contribution in [0.15, 0.2) is 24.3 Å². The van der Waals surface area contributed by atoms with Gasteiger partial charge in [-0.2, -0.15) is 0 Å². The fourth-order valence-corrected chi connectivity index (χ4v) is 2.98. The first-order valence-electron chi connectivity index (χ1n) is 7.04. The van der Waals surface area contributed by atoms with Crippen molar-refractivity contribution < 1.29 is 9.53 Å². The highest BCUT2D eigenvalue weighted by atomic mass is 35.5. The molecule has 104 valence electrons. The van der Waals surface area contributed by atoms with E-state index in [1.807, 2.05) is 0 Å². The summed E-state index contributed by atoms with van der Waals surface area (Å²) >= 11 is 5.37. The molecular weight excluding hydrogens is 260 g/mol. The van der Waals surface area contributed by atoms with Gasteiger partial charge in [-0.25, -0.2) is 4.79 Å². The van der Waals surface area contributed by atoms with E-state index in [0.29, 0.717) is 5.92 Å². The number of halogens is 1. The summed E-state index contributed by atoms with van der Waals surface area (Å²) in [6.45, 7) is 4.38. The Morgan fingerprint density at radius 3 is 2.42 bits per heavy atom. The Bertz CT molecular complexity index is 425. The summed E-state index contributed by atoms with van der Waals surface area (Å²) in [6, 6.07) is 8.68. The van der Waals surface area contributed by atoms with E-state index in [9.17, 15) is 4.79 Å². The number of carbonyl (C=O) groups is 1. The number of ether oxygens (including phenoxy) is 1. The van der Waals surface area contributed by atoms with E-state index in [4.69, 9.17) is 16.3 Å². The normalized spacial score (nSPS) is 23.4. The molecule has 0 spiro atoms. The van der Waals surface area contributed by atoms with Crippen molar-refractivity contribution in [2.75, 3.05) is 0 Å². The lowest BCUT2D eigenvalue weighted by Crippen LogP contribution is -2.27. The van der Waals surface area contributed by atoms with Gasteiger partial charge in [0.15, 0.2) is 0 Å². The average Bonchev–Trinajstić information content (AvgIpc) is 2.39. The van der Waals surface area contributed by atoms with Crippen LogP contribution in [0.2, 0.25) is 0 Å². The molecule has 2 nitrogen and oxygen atoms in total. The van der Waals surface area contributed by atoms with Crippen LogP contribution in [0.4, 0.5) is 4.79 Å². The van der Waals surface area contributed by atoms with E-state index in [-0.39, 0.29) is 12.0 Å². The Morgan fingerprint density at radius 2 is 1.84 bits per heavy atom. The molecule has 0 heterocycles. The van der Waals surface area contributed by atoms with Crippen LogP contribution in [-0.2, 0) is 4.74 Å². The predicted octanol–water partition coefficient (Wildman–Crippen LogP) is 5.21. The molecule has 3 heteroatoms. The van der Waals surface area contributed by atoms with Crippen LogP contribution in [-0.4, -0.2) is 11.5 Å². The first-order chi connectivity index (χ1) is 9.08. The van der Waals surface area contributed by atoms with E-state index in [1.165, 1.54) is 17.5 Å². The van der Waals surface area contributed by atoms with Crippen molar-refractivity contribution >= 4 is 17.0 Å². The van der Waals surface area contributed by atoms with Gasteiger partial charge < -0.3 is 4.74 Å². The second kappa shape index (κ2) is 6.42. The van der Waals surface area contributed by atoms with Crippen LogP contribution in [0.3, 0.4) is 0 Å². The van der Waals surface area contributed by atoms with Gasteiger partial charge in [0.25, 0.3) is 0 Å². The predicted molar refractivity (Wildman–Crippen MR) is 77.9 cm³/mol. The largest absolute Gasteiger partial charge is 0.450 e. The molecule has 1 aromatic carbocycles. The number of hydrogen-bond acceptors (Lipinski definition) is 2. The molecular formula is C16H21ClO2. The summed E-state index contributed by atoms with van der Waals surface area (Å²) in [5.74, 6) is 0.828. The lowest BCUT2D eigenvalue weighted by Gasteiger charge is -2.31. The van der Waals surface area contributed by atoms with Crippen LogP contribution >= 0.6 is 11.6 Å². The number of carbonyl (C=O) groups excluding carboxylic acids is 1. The standard InChI is InChI=1S/C16H21ClO2/c1-11(2)12-7-9-13(10-8-12)14-5-3-4-6-15(14)19-16(17)18/h7-11,14-15H,3-6H2,1-2H3/t14-,15+/m1/s1. The Balaban J connectivity index is 2.15. The molecule has 0 bridgehead atoms. The van der Waals surface area contributed by atoms with Gasteiger partial charge in [0.1, 0.15) is 6.10 Å². The van der Waals surface area contributed by atoms with Crippen molar-refractivity contribution in [3.8, 4) is 0 Å². The molecule has 1 aliphatic rings. The molecule has 1 aliphatic carbocycles. The highest BCUT2D eigenvalue weighted by Gasteiger charge is 2.29. The monoisotopic (exact) mass is 280 g/mol. The van der Waals surface area contributed by atoms with Crippen LogP contribution in [0.1, 0.15) is 62.5 Å². The molecule has 0 amide bonds. The van der Waals surface area contributed by atoms with Crippen molar-refractivity contribution in [1.29, 1.82) is 0 Å². The van der Waals surface area contributed by atoms with Crippen LogP contribution in [0, 0.1) is 0 Å². The van der Waals surface area contributed by atoms with Crippen molar-refractivity contribution in [1.82, 2.24) is 0 Å². The smallest absolute Gasteiger partial charge is 0.404 e. The van der Waals surface area contributed by atoms with Crippen molar-refractivity contribution in [2.24, 2.45) is 0 Å². The Morgan fingerprint density at radius 1 is 1.21 bits per heavy atom. The maximum Gasteiger partial charge on any atom is 0.404 e. The lowest BCUT2D eigenvalue weighted by atomic mass is 9.81. The van der Waals surface area contributed by atoms with E-state index in [0.717, 1.165) is 19.3 Å². The van der Waals surface area contributed by atoms with Gasteiger partial charge in [-0.1, -0.05) is 44.5 Å². The second-order valence-corrected chi connectivity index (χ2v) is 5.91. The Hall–Kier alpha value is -1.02. The van der Waals surface area contributed by atoms with Gasteiger partial charge in [-0.3, -0.25) is 0 Å². The summed E-state index contributed by atoms with van der Waals surface area (Å²) in [5, 5.41) is 0.